The Labute approximate surface area is 147 Å². The van der Waals surface area contributed by atoms with Crippen molar-refractivity contribution in [2.45, 2.75) is 52.4 Å². The van der Waals surface area contributed by atoms with Gasteiger partial charge in [0.05, 0.1) is 12.4 Å². The first-order valence-corrected chi connectivity index (χ1v) is 8.07. The average Bonchev–Trinajstić information content (AvgIpc) is 2.46. The van der Waals surface area contributed by atoms with Crippen LogP contribution in [-0.2, 0) is 10.8 Å². The number of aromatic nitrogens is 3. The van der Waals surface area contributed by atoms with Gasteiger partial charge in [-0.2, -0.15) is 15.2 Å². The van der Waals surface area contributed by atoms with E-state index in [2.05, 4.69) is 67.3 Å². The minimum Gasteiger partial charge on any atom is -0.507 e. The average molecular weight is 343 g/mol. The van der Waals surface area contributed by atoms with Crippen molar-refractivity contribution < 1.29 is 5.11 Å². The molecule has 0 spiro atoms. The van der Waals surface area contributed by atoms with Gasteiger partial charge in [-0.05, 0) is 28.5 Å². The van der Waals surface area contributed by atoms with Crippen molar-refractivity contribution in [3.8, 4) is 5.75 Å². The Hall–Kier alpha value is -2.70. The number of anilines is 1. The third kappa shape index (κ3) is 4.65. The minimum atomic E-state index is -0.546. The molecule has 2 rings (SSSR count). The fourth-order valence-electron chi connectivity index (χ4n) is 2.41. The van der Waals surface area contributed by atoms with E-state index in [1.807, 2.05) is 12.1 Å². The highest BCUT2D eigenvalue weighted by Gasteiger charge is 2.26. The number of phenols is 1. The predicted molar refractivity (Wildman–Crippen MR) is 99.4 cm³/mol. The molecule has 0 atom stereocenters. The second kappa shape index (κ2) is 6.66. The van der Waals surface area contributed by atoms with Crippen molar-refractivity contribution in [3.05, 3.63) is 45.5 Å². The zero-order valence-electron chi connectivity index (χ0n) is 15.5. The third-order valence-electron chi connectivity index (χ3n) is 3.71. The fraction of sp³-hybridized carbons (Fsp3) is 0.444. The highest BCUT2D eigenvalue weighted by Crippen LogP contribution is 2.39. The van der Waals surface area contributed by atoms with Crippen LogP contribution in [0.15, 0.2) is 28.2 Å². The molecule has 134 valence electrons. The predicted octanol–water partition coefficient (Wildman–Crippen LogP) is 2.91. The molecule has 0 saturated carbocycles. The molecule has 0 bridgehead atoms. The molecule has 1 heterocycles. The van der Waals surface area contributed by atoms with Crippen molar-refractivity contribution >= 4 is 12.0 Å². The summed E-state index contributed by atoms with van der Waals surface area (Å²) >= 11 is 0. The van der Waals surface area contributed by atoms with Crippen LogP contribution in [0.4, 0.5) is 5.82 Å². The second-order valence-electron chi connectivity index (χ2n) is 8.01. The van der Waals surface area contributed by atoms with Crippen LogP contribution < -0.4 is 11.1 Å². The third-order valence-corrected chi connectivity index (χ3v) is 3.71. The molecule has 3 N–H and O–H groups in total. The van der Waals surface area contributed by atoms with Gasteiger partial charge in [0.2, 0.25) is 0 Å². The first-order valence-electron chi connectivity index (χ1n) is 8.07. The number of nitrogens with one attached hydrogen (secondary N) is 2. The molecule has 0 unspecified atom stereocenters. The molecule has 1 aromatic heterocycles. The van der Waals surface area contributed by atoms with E-state index in [0.29, 0.717) is 5.75 Å². The molecule has 7 heteroatoms. The first-order chi connectivity index (χ1) is 11.5. The maximum atomic E-state index is 11.1. The summed E-state index contributed by atoms with van der Waals surface area (Å²) in [5, 5.41) is 20.7. The van der Waals surface area contributed by atoms with Crippen LogP contribution in [0.3, 0.4) is 0 Å². The van der Waals surface area contributed by atoms with E-state index >= 15 is 0 Å². The van der Waals surface area contributed by atoms with Crippen LogP contribution in [0.25, 0.3) is 0 Å². The van der Waals surface area contributed by atoms with Gasteiger partial charge in [-0.25, -0.2) is 9.89 Å². The number of hydrogen-bond acceptors (Lipinski definition) is 6. The minimum absolute atomic E-state index is 0.209. The lowest BCUT2D eigenvalue weighted by Crippen LogP contribution is -2.18. The quantitative estimate of drug-likeness (QED) is 0.587. The van der Waals surface area contributed by atoms with Crippen molar-refractivity contribution in [3.63, 3.8) is 0 Å². The van der Waals surface area contributed by atoms with Crippen LogP contribution >= 0.6 is 0 Å². The highest BCUT2D eigenvalue weighted by molar-refractivity contribution is 5.82. The van der Waals surface area contributed by atoms with E-state index in [4.69, 9.17) is 0 Å². The van der Waals surface area contributed by atoms with E-state index in [0.717, 1.165) is 16.7 Å². The molecule has 0 radical (unpaired) electrons. The van der Waals surface area contributed by atoms with Crippen LogP contribution in [0.2, 0.25) is 0 Å². The van der Waals surface area contributed by atoms with Crippen molar-refractivity contribution in [2.75, 3.05) is 5.43 Å². The Morgan fingerprint density at radius 1 is 1.12 bits per heavy atom. The number of aromatic hydroxyl groups is 1. The molecular formula is C18H25N5O2. The first kappa shape index (κ1) is 18.6. The molecule has 2 aromatic rings. The fourth-order valence-corrected chi connectivity index (χ4v) is 2.41. The molecule has 0 saturated heterocycles. The topological polar surface area (TPSA) is 103 Å². The molecule has 0 aliphatic heterocycles. The Kier molecular flexibility index (Phi) is 4.97. The summed E-state index contributed by atoms with van der Waals surface area (Å²) in [4.78, 5) is 14.8. The van der Waals surface area contributed by atoms with Crippen molar-refractivity contribution in [2.24, 2.45) is 5.10 Å². The van der Waals surface area contributed by atoms with Gasteiger partial charge in [0, 0.05) is 11.1 Å². The van der Waals surface area contributed by atoms with Crippen molar-refractivity contribution in [1.82, 2.24) is 15.2 Å². The van der Waals surface area contributed by atoms with Gasteiger partial charge < -0.3 is 5.11 Å². The van der Waals surface area contributed by atoms with Gasteiger partial charge in [0.25, 0.3) is 0 Å². The molecule has 7 nitrogen and oxygen atoms in total. The van der Waals surface area contributed by atoms with Gasteiger partial charge in [0.1, 0.15) is 5.75 Å². The van der Waals surface area contributed by atoms with Crippen LogP contribution in [0.5, 0.6) is 5.75 Å². The van der Waals surface area contributed by atoms with Gasteiger partial charge in [-0.15, -0.1) is 0 Å². The van der Waals surface area contributed by atoms with E-state index in [1.165, 1.54) is 6.20 Å². The summed E-state index contributed by atoms with van der Waals surface area (Å²) in [6.45, 7) is 12.3. The highest BCUT2D eigenvalue weighted by atomic mass is 16.3. The van der Waals surface area contributed by atoms with E-state index in [1.54, 1.807) is 6.21 Å². The van der Waals surface area contributed by atoms with E-state index < -0.39 is 5.69 Å². The summed E-state index contributed by atoms with van der Waals surface area (Å²) in [6, 6.07) is 3.83. The van der Waals surface area contributed by atoms with Crippen LogP contribution in [0, 0.1) is 0 Å². The summed E-state index contributed by atoms with van der Waals surface area (Å²) in [7, 11) is 0. The zero-order chi connectivity index (χ0) is 18.8. The molecule has 0 fully saturated rings. The Morgan fingerprint density at radius 2 is 1.68 bits per heavy atom. The normalized spacial score (nSPS) is 12.6. The Morgan fingerprint density at radius 3 is 2.16 bits per heavy atom. The summed E-state index contributed by atoms with van der Waals surface area (Å²) in [5.74, 6) is 0.580. The molecule has 0 aliphatic carbocycles. The van der Waals surface area contributed by atoms with Crippen LogP contribution in [0.1, 0.15) is 58.2 Å². The van der Waals surface area contributed by atoms with E-state index in [-0.39, 0.29) is 16.6 Å². The lowest BCUT2D eigenvalue weighted by Gasteiger charge is -2.27. The Balaban J connectivity index is 2.40. The molecule has 0 amide bonds. The van der Waals surface area contributed by atoms with E-state index in [9.17, 15) is 9.90 Å². The van der Waals surface area contributed by atoms with Gasteiger partial charge in [-0.3, -0.25) is 5.43 Å². The summed E-state index contributed by atoms with van der Waals surface area (Å²) in [5.41, 5.74) is 4.28. The summed E-state index contributed by atoms with van der Waals surface area (Å²) < 4.78 is 0. The van der Waals surface area contributed by atoms with Gasteiger partial charge in [-0.1, -0.05) is 41.5 Å². The van der Waals surface area contributed by atoms with Crippen LogP contribution in [-0.4, -0.2) is 26.5 Å². The van der Waals surface area contributed by atoms with Crippen molar-refractivity contribution in [1.29, 1.82) is 0 Å². The number of hydrazone groups is 1. The number of nitrogens with zero attached hydrogens (tertiary/aromatic N) is 3. The maximum Gasteiger partial charge on any atom is 0.363 e. The monoisotopic (exact) mass is 343 g/mol. The largest absolute Gasteiger partial charge is 0.507 e. The SMILES string of the molecule is CC(C)(C)c1cc(/C=N/Nc2cn[nH]c(=O)n2)cc(C(C)(C)C)c1O. The molecular weight excluding hydrogens is 318 g/mol. The van der Waals surface area contributed by atoms with Gasteiger partial charge in [0.15, 0.2) is 5.82 Å². The second-order valence-corrected chi connectivity index (χ2v) is 8.01. The number of hydrogen-bond donors (Lipinski definition) is 3. The maximum absolute atomic E-state index is 11.1. The number of H-pyrrole nitrogens is 1. The number of benzene rings is 1. The number of aromatic amines is 1. The summed E-state index contributed by atoms with van der Waals surface area (Å²) in [6.07, 6.45) is 3.00. The molecule has 1 aromatic carbocycles. The zero-order valence-corrected chi connectivity index (χ0v) is 15.5. The van der Waals surface area contributed by atoms with Gasteiger partial charge >= 0.3 is 5.69 Å². The lowest BCUT2D eigenvalue weighted by atomic mass is 9.78. The smallest absolute Gasteiger partial charge is 0.363 e. The number of phenolic OH excluding ortho intramolecular Hbond substituents is 1. The Bertz CT molecular complexity index is 807. The number of rotatable bonds is 3. The lowest BCUT2D eigenvalue weighted by molar-refractivity contribution is 0.423. The molecule has 25 heavy (non-hydrogen) atoms. The molecule has 0 aliphatic rings. The standard InChI is InChI=1S/C18H25N5O2/c1-17(2,3)12-7-11(8-13(15(12)24)18(4,5)6)9-19-22-14-10-20-23-16(25)21-14/h7-10,24H,1-6H3,(H2,21,22,23,25)/b19-9+.